The van der Waals surface area contributed by atoms with Gasteiger partial charge in [-0.05, 0) is 51.5 Å². The zero-order valence-corrected chi connectivity index (χ0v) is 17.1. The summed E-state index contributed by atoms with van der Waals surface area (Å²) in [6.07, 6.45) is 2.59. The van der Waals surface area contributed by atoms with Gasteiger partial charge in [-0.2, -0.15) is 0 Å². The first-order valence-corrected chi connectivity index (χ1v) is 9.66. The van der Waals surface area contributed by atoms with Crippen LogP contribution in [0.15, 0.2) is 42.7 Å². The van der Waals surface area contributed by atoms with Crippen LogP contribution in [0, 0.1) is 6.92 Å². The molecule has 1 amide bonds. The van der Waals surface area contributed by atoms with Gasteiger partial charge < -0.3 is 10.4 Å². The molecule has 0 bridgehead atoms. The fourth-order valence-corrected chi connectivity index (χ4v) is 3.38. The maximum atomic E-state index is 11.5. The molecule has 0 saturated carbocycles. The highest BCUT2D eigenvalue weighted by atomic mass is 32.1. The van der Waals surface area contributed by atoms with Gasteiger partial charge in [-0.3, -0.25) is 4.90 Å². The van der Waals surface area contributed by atoms with Crippen molar-refractivity contribution in [2.45, 2.75) is 39.8 Å². The van der Waals surface area contributed by atoms with Crippen LogP contribution in [0.1, 0.15) is 31.3 Å². The Morgan fingerprint density at radius 3 is 2.46 bits per heavy atom. The number of rotatable bonds is 5. The van der Waals surface area contributed by atoms with Crippen LogP contribution < -0.4 is 5.32 Å². The quantitative estimate of drug-likeness (QED) is 0.634. The molecule has 2 aromatic heterocycles. The van der Waals surface area contributed by atoms with Crippen LogP contribution in [0.5, 0.6) is 0 Å². The van der Waals surface area contributed by atoms with Crippen molar-refractivity contribution < 1.29 is 9.90 Å². The molecular formula is C20H23N5O2S. The molecule has 0 aliphatic carbocycles. The molecule has 0 radical (unpaired) electrons. The van der Waals surface area contributed by atoms with E-state index in [1.807, 2.05) is 64.2 Å². The summed E-state index contributed by atoms with van der Waals surface area (Å²) in [5, 5.41) is 13.6. The van der Waals surface area contributed by atoms with Crippen molar-refractivity contribution in [1.29, 1.82) is 0 Å². The van der Waals surface area contributed by atoms with Gasteiger partial charge in [-0.15, -0.1) is 11.3 Å². The second-order valence-electron chi connectivity index (χ2n) is 7.37. The van der Waals surface area contributed by atoms with Crippen molar-refractivity contribution in [3.63, 3.8) is 0 Å². The highest BCUT2D eigenvalue weighted by Gasteiger charge is 2.25. The van der Waals surface area contributed by atoms with E-state index >= 15 is 0 Å². The predicted octanol–water partition coefficient (Wildman–Crippen LogP) is 4.93. The Hall–Kier alpha value is -3.00. The van der Waals surface area contributed by atoms with Gasteiger partial charge in [-0.1, -0.05) is 12.1 Å². The third-order valence-corrected chi connectivity index (χ3v) is 5.06. The van der Waals surface area contributed by atoms with E-state index in [-0.39, 0.29) is 0 Å². The van der Waals surface area contributed by atoms with Crippen molar-refractivity contribution in [2.24, 2.45) is 0 Å². The molecule has 2 heterocycles. The summed E-state index contributed by atoms with van der Waals surface area (Å²) < 4.78 is 0. The number of aryl methyl sites for hydroxylation is 1. The highest BCUT2D eigenvalue weighted by Crippen LogP contribution is 2.25. The fraction of sp³-hybridized carbons (Fsp3) is 0.300. The van der Waals surface area contributed by atoms with Crippen LogP contribution in [-0.4, -0.2) is 36.6 Å². The van der Waals surface area contributed by atoms with E-state index in [1.54, 1.807) is 17.5 Å². The van der Waals surface area contributed by atoms with Crippen LogP contribution in [0.3, 0.4) is 0 Å². The largest absolute Gasteiger partial charge is 0.465 e. The Morgan fingerprint density at radius 1 is 1.18 bits per heavy atom. The van der Waals surface area contributed by atoms with E-state index in [2.05, 4.69) is 20.3 Å². The standard InChI is InChI=1S/C20H23N5O2S/c1-13-22-11-17(28-13)16-9-10-21-18(24-16)23-15-7-5-14(6-8-15)12-25(19(26)27)20(2,3)4/h5-11H,12H2,1-4H3,(H,26,27)(H,21,23,24). The number of nitrogens with one attached hydrogen (secondary N) is 1. The fourth-order valence-electron chi connectivity index (χ4n) is 2.63. The summed E-state index contributed by atoms with van der Waals surface area (Å²) in [5.74, 6) is 0.498. The number of hydrogen-bond donors (Lipinski definition) is 2. The lowest BCUT2D eigenvalue weighted by Gasteiger charge is -2.33. The molecule has 0 unspecified atom stereocenters. The first kappa shape index (κ1) is 19.8. The van der Waals surface area contributed by atoms with E-state index in [4.69, 9.17) is 0 Å². The Labute approximate surface area is 168 Å². The maximum Gasteiger partial charge on any atom is 0.408 e. The molecule has 7 nitrogen and oxygen atoms in total. The van der Waals surface area contributed by atoms with Gasteiger partial charge in [0, 0.05) is 30.2 Å². The number of anilines is 2. The number of nitrogens with zero attached hydrogens (tertiary/aromatic N) is 4. The molecule has 28 heavy (non-hydrogen) atoms. The molecule has 8 heteroatoms. The number of benzene rings is 1. The lowest BCUT2D eigenvalue weighted by molar-refractivity contribution is 0.0955. The van der Waals surface area contributed by atoms with E-state index in [9.17, 15) is 9.90 Å². The van der Waals surface area contributed by atoms with Crippen molar-refractivity contribution in [3.8, 4) is 10.6 Å². The summed E-state index contributed by atoms with van der Waals surface area (Å²) >= 11 is 1.59. The monoisotopic (exact) mass is 397 g/mol. The SMILES string of the molecule is Cc1ncc(-c2ccnc(Nc3ccc(CN(C(=O)O)C(C)(C)C)cc3)n2)s1. The van der Waals surface area contributed by atoms with E-state index in [0.29, 0.717) is 12.5 Å². The van der Waals surface area contributed by atoms with Crippen molar-refractivity contribution in [3.05, 3.63) is 53.3 Å². The van der Waals surface area contributed by atoms with Crippen LogP contribution >= 0.6 is 11.3 Å². The summed E-state index contributed by atoms with van der Waals surface area (Å²) in [6, 6.07) is 9.45. The minimum atomic E-state index is -0.932. The number of amides is 1. The first-order valence-electron chi connectivity index (χ1n) is 8.85. The number of carboxylic acid groups (broad SMARTS) is 1. The molecule has 3 aromatic rings. The molecule has 1 aromatic carbocycles. The average molecular weight is 398 g/mol. The first-order chi connectivity index (χ1) is 13.2. The van der Waals surface area contributed by atoms with Gasteiger partial charge in [0.1, 0.15) is 0 Å². The minimum Gasteiger partial charge on any atom is -0.465 e. The van der Waals surface area contributed by atoms with E-state index < -0.39 is 11.6 Å². The molecule has 2 N–H and O–H groups in total. The summed E-state index contributed by atoms with van der Waals surface area (Å²) in [6.45, 7) is 7.93. The van der Waals surface area contributed by atoms with Gasteiger partial charge in [0.25, 0.3) is 0 Å². The number of hydrogen-bond acceptors (Lipinski definition) is 6. The molecular weight excluding hydrogens is 374 g/mol. The normalized spacial score (nSPS) is 11.3. The topological polar surface area (TPSA) is 91.2 Å². The van der Waals surface area contributed by atoms with E-state index in [1.165, 1.54) is 4.90 Å². The third-order valence-electron chi connectivity index (χ3n) is 4.12. The molecule has 0 spiro atoms. The number of aromatic nitrogens is 3. The zero-order valence-electron chi connectivity index (χ0n) is 16.3. The Balaban J connectivity index is 1.72. The molecule has 3 rings (SSSR count). The Kier molecular flexibility index (Phi) is 5.60. The Bertz CT molecular complexity index is 963. The van der Waals surface area contributed by atoms with Gasteiger partial charge >= 0.3 is 6.09 Å². The molecule has 146 valence electrons. The van der Waals surface area contributed by atoms with Crippen LogP contribution in [0.2, 0.25) is 0 Å². The second kappa shape index (κ2) is 7.93. The smallest absolute Gasteiger partial charge is 0.408 e. The second-order valence-corrected chi connectivity index (χ2v) is 8.61. The van der Waals surface area contributed by atoms with Crippen molar-refractivity contribution in [2.75, 3.05) is 5.32 Å². The Morgan fingerprint density at radius 2 is 1.89 bits per heavy atom. The highest BCUT2D eigenvalue weighted by molar-refractivity contribution is 7.15. The predicted molar refractivity (Wildman–Crippen MR) is 111 cm³/mol. The molecule has 0 aliphatic rings. The third kappa shape index (κ3) is 4.83. The zero-order chi connectivity index (χ0) is 20.3. The van der Waals surface area contributed by atoms with Crippen molar-refractivity contribution in [1.82, 2.24) is 19.9 Å². The van der Waals surface area contributed by atoms with Crippen LogP contribution in [0.4, 0.5) is 16.4 Å². The van der Waals surface area contributed by atoms with Gasteiger partial charge in [0.05, 0.1) is 15.6 Å². The number of thiazole rings is 1. The maximum absolute atomic E-state index is 11.5. The molecule has 0 atom stereocenters. The van der Waals surface area contributed by atoms with Gasteiger partial charge in [-0.25, -0.2) is 19.7 Å². The average Bonchev–Trinajstić information content (AvgIpc) is 3.06. The van der Waals surface area contributed by atoms with Gasteiger partial charge in [0.15, 0.2) is 0 Å². The van der Waals surface area contributed by atoms with Crippen LogP contribution in [-0.2, 0) is 6.54 Å². The summed E-state index contributed by atoms with van der Waals surface area (Å²) in [5.41, 5.74) is 2.10. The molecule has 0 fully saturated rings. The van der Waals surface area contributed by atoms with Gasteiger partial charge in [0.2, 0.25) is 5.95 Å². The lowest BCUT2D eigenvalue weighted by Crippen LogP contribution is -2.44. The summed E-state index contributed by atoms with van der Waals surface area (Å²) in [7, 11) is 0. The number of carbonyl (C=O) groups is 1. The molecule has 0 saturated heterocycles. The van der Waals surface area contributed by atoms with E-state index in [0.717, 1.165) is 26.8 Å². The summed E-state index contributed by atoms with van der Waals surface area (Å²) in [4.78, 5) is 27.0. The van der Waals surface area contributed by atoms with Crippen molar-refractivity contribution >= 4 is 29.1 Å². The molecule has 0 aliphatic heterocycles. The lowest BCUT2D eigenvalue weighted by atomic mass is 10.1. The van der Waals surface area contributed by atoms with Crippen LogP contribution in [0.25, 0.3) is 10.6 Å². The minimum absolute atomic E-state index is 0.329.